The summed E-state index contributed by atoms with van der Waals surface area (Å²) >= 11 is 0. The standard InChI is InChI=1S/CH6N4O.H4NO2P/c2-4-1(6)5-3;1-4(2)3/h2-3H2,(H2,4,5,6);2-3H,1H2. The lowest BCUT2D eigenvalue weighted by molar-refractivity contribution is 0.241. The third kappa shape index (κ3) is 25.9. The van der Waals surface area contributed by atoms with Crippen molar-refractivity contribution in [2.45, 2.75) is 0 Å². The van der Waals surface area contributed by atoms with Gasteiger partial charge in [0.1, 0.15) is 0 Å². The van der Waals surface area contributed by atoms with Gasteiger partial charge >= 0.3 is 6.03 Å². The second-order valence-corrected chi connectivity index (χ2v) is 1.58. The molecule has 0 heterocycles. The van der Waals surface area contributed by atoms with E-state index in [-0.39, 0.29) is 0 Å². The maximum atomic E-state index is 9.71. The minimum absolute atomic E-state index is 0.602. The highest BCUT2D eigenvalue weighted by Crippen LogP contribution is 2.05. The zero-order valence-electron chi connectivity index (χ0n) is 4.98. The second-order valence-electron chi connectivity index (χ2n) is 0.938. The van der Waals surface area contributed by atoms with Crippen LogP contribution in [-0.2, 0) is 0 Å². The van der Waals surface area contributed by atoms with Gasteiger partial charge < -0.3 is 9.79 Å². The summed E-state index contributed by atoms with van der Waals surface area (Å²) < 4.78 is 0. The molecule has 2 amide bonds. The van der Waals surface area contributed by atoms with Gasteiger partial charge in [-0.15, -0.1) is 0 Å². The smallest absolute Gasteiger partial charge is 0.338 e. The summed E-state index contributed by atoms with van der Waals surface area (Å²) in [6.45, 7) is 0. The molecule has 0 aliphatic heterocycles. The third-order valence-corrected chi connectivity index (χ3v) is 0.262. The molecule has 62 valence electrons. The Morgan fingerprint density at radius 2 is 1.50 bits per heavy atom. The van der Waals surface area contributed by atoms with Crippen molar-refractivity contribution in [1.82, 2.24) is 10.9 Å². The van der Waals surface area contributed by atoms with E-state index >= 15 is 0 Å². The van der Waals surface area contributed by atoms with Crippen molar-refractivity contribution >= 4 is 14.6 Å². The van der Waals surface area contributed by atoms with E-state index in [2.05, 4.69) is 17.2 Å². The minimum atomic E-state index is -2.12. The van der Waals surface area contributed by atoms with Gasteiger partial charge in [0.2, 0.25) is 8.53 Å². The Hall–Kier alpha value is -0.500. The largest absolute Gasteiger partial charge is 0.343 e. The minimum Gasteiger partial charge on any atom is -0.338 e. The van der Waals surface area contributed by atoms with Crippen molar-refractivity contribution in [3.8, 4) is 0 Å². The van der Waals surface area contributed by atoms with Crippen LogP contribution in [0.2, 0.25) is 0 Å². The van der Waals surface area contributed by atoms with Crippen molar-refractivity contribution in [1.29, 1.82) is 0 Å². The summed E-state index contributed by atoms with van der Waals surface area (Å²) in [5.74, 6) is 9.08. The summed E-state index contributed by atoms with van der Waals surface area (Å²) in [5, 5.41) is 0. The zero-order chi connectivity index (χ0) is 8.57. The Morgan fingerprint density at radius 1 is 1.30 bits per heavy atom. The maximum absolute atomic E-state index is 9.71. The first-order valence-electron chi connectivity index (χ1n) is 1.94. The van der Waals surface area contributed by atoms with Crippen LogP contribution in [0.25, 0.3) is 0 Å². The van der Waals surface area contributed by atoms with E-state index < -0.39 is 14.6 Å². The van der Waals surface area contributed by atoms with Crippen molar-refractivity contribution in [2.24, 2.45) is 17.2 Å². The second kappa shape index (κ2) is 8.50. The molecular formula is CH10N5O3P. The first-order valence-corrected chi connectivity index (χ1v) is 3.26. The number of hydrazine groups is 2. The number of nitrogens with one attached hydrogen (secondary N) is 2. The van der Waals surface area contributed by atoms with Crippen molar-refractivity contribution in [2.75, 3.05) is 0 Å². The van der Waals surface area contributed by atoms with Crippen LogP contribution in [0.15, 0.2) is 0 Å². The molecule has 9 heteroatoms. The molecule has 0 spiro atoms. The van der Waals surface area contributed by atoms with E-state index in [1.54, 1.807) is 10.9 Å². The summed E-state index contributed by atoms with van der Waals surface area (Å²) in [6, 6.07) is -0.602. The number of amides is 2. The fraction of sp³-hybridized carbons (Fsp3) is 0. The van der Waals surface area contributed by atoms with E-state index in [0.29, 0.717) is 0 Å². The molecule has 0 aromatic rings. The van der Waals surface area contributed by atoms with Crippen LogP contribution in [0.4, 0.5) is 4.79 Å². The Labute approximate surface area is 58.3 Å². The molecule has 0 rings (SSSR count). The highest BCUT2D eigenvalue weighted by Gasteiger charge is 1.83. The van der Waals surface area contributed by atoms with Crippen molar-refractivity contribution in [3.63, 3.8) is 0 Å². The van der Waals surface area contributed by atoms with Crippen LogP contribution >= 0.6 is 8.53 Å². The Kier molecular flexibility index (Phi) is 10.4. The molecule has 0 atom stereocenters. The van der Waals surface area contributed by atoms with Crippen molar-refractivity contribution in [3.05, 3.63) is 0 Å². The monoisotopic (exact) mass is 171 g/mol. The van der Waals surface area contributed by atoms with Crippen LogP contribution in [0.3, 0.4) is 0 Å². The molecule has 10 heavy (non-hydrogen) atoms. The molecular weight excluding hydrogens is 161 g/mol. The van der Waals surface area contributed by atoms with Gasteiger partial charge in [0.25, 0.3) is 0 Å². The molecule has 0 aromatic heterocycles. The molecule has 0 aromatic carbocycles. The van der Waals surface area contributed by atoms with Gasteiger partial charge in [-0.25, -0.2) is 16.5 Å². The quantitative estimate of drug-likeness (QED) is 0.0900. The van der Waals surface area contributed by atoms with E-state index in [1.807, 2.05) is 0 Å². The number of hydrogen-bond donors (Lipinski definition) is 7. The van der Waals surface area contributed by atoms with E-state index in [0.717, 1.165) is 0 Å². The number of carbonyl (C=O) groups is 1. The van der Waals surface area contributed by atoms with Gasteiger partial charge in [-0.2, -0.15) is 0 Å². The average Bonchev–Trinajstić information content (AvgIpc) is 1.85. The summed E-state index contributed by atoms with van der Waals surface area (Å²) in [4.78, 5) is 24.6. The molecule has 0 saturated carbocycles. The summed E-state index contributed by atoms with van der Waals surface area (Å²) in [6.07, 6.45) is 0. The Bertz CT molecular complexity index is 78.2. The number of urea groups is 1. The van der Waals surface area contributed by atoms with Crippen LogP contribution in [0, 0.1) is 0 Å². The molecule has 0 aliphatic carbocycles. The lowest BCUT2D eigenvalue weighted by Crippen LogP contribution is -2.43. The summed E-state index contributed by atoms with van der Waals surface area (Å²) in [7, 11) is -2.12. The molecule has 0 aliphatic rings. The summed E-state index contributed by atoms with van der Waals surface area (Å²) in [5.41, 5.74) is 7.77. The zero-order valence-corrected chi connectivity index (χ0v) is 5.88. The third-order valence-electron chi connectivity index (χ3n) is 0.262. The topological polar surface area (TPSA) is 160 Å². The van der Waals surface area contributed by atoms with Gasteiger partial charge in [-0.05, 0) is 0 Å². The normalized spacial score (nSPS) is 7.80. The van der Waals surface area contributed by atoms with Crippen LogP contribution in [0.1, 0.15) is 0 Å². The average molecular weight is 171 g/mol. The maximum Gasteiger partial charge on any atom is 0.343 e. The SMILES string of the molecule is NNC(=O)NN.NP(O)O. The first-order chi connectivity index (χ1) is 4.54. The lowest BCUT2D eigenvalue weighted by Gasteiger charge is -1.90. The molecule has 10 N–H and O–H groups in total. The number of nitrogens with two attached hydrogens (primary N) is 3. The van der Waals surface area contributed by atoms with Crippen molar-refractivity contribution < 1.29 is 14.6 Å². The fourth-order valence-corrected chi connectivity index (χ4v) is 0.0417. The van der Waals surface area contributed by atoms with Gasteiger partial charge in [-0.1, -0.05) is 0 Å². The number of carbonyl (C=O) groups excluding carboxylic acids is 1. The van der Waals surface area contributed by atoms with Crippen LogP contribution < -0.4 is 28.0 Å². The number of hydrogen-bond acceptors (Lipinski definition) is 6. The highest BCUT2D eigenvalue weighted by molar-refractivity contribution is 7.42. The first kappa shape index (κ1) is 12.2. The molecule has 0 radical (unpaired) electrons. The molecule has 0 fully saturated rings. The molecule has 0 bridgehead atoms. The van der Waals surface area contributed by atoms with Gasteiger partial charge in [0, 0.05) is 0 Å². The predicted molar refractivity (Wildman–Crippen MR) is 35.6 cm³/mol. The van der Waals surface area contributed by atoms with Crippen LogP contribution in [-0.4, -0.2) is 15.8 Å². The van der Waals surface area contributed by atoms with Gasteiger partial charge in [-0.3, -0.25) is 16.4 Å². The predicted octanol–water partition coefficient (Wildman–Crippen LogP) is -2.81. The fourth-order valence-electron chi connectivity index (χ4n) is 0.0417. The van der Waals surface area contributed by atoms with E-state index in [9.17, 15) is 4.79 Å². The van der Waals surface area contributed by atoms with Gasteiger partial charge in [0.15, 0.2) is 0 Å². The lowest BCUT2D eigenvalue weighted by atomic mass is 11.1. The highest BCUT2D eigenvalue weighted by atomic mass is 31.2. The Balaban J connectivity index is 0. The number of rotatable bonds is 0. The van der Waals surface area contributed by atoms with E-state index in [1.165, 1.54) is 0 Å². The molecule has 0 unspecified atom stereocenters. The van der Waals surface area contributed by atoms with Gasteiger partial charge in [0.05, 0.1) is 0 Å². The van der Waals surface area contributed by atoms with E-state index in [4.69, 9.17) is 9.79 Å². The molecule has 8 nitrogen and oxygen atoms in total. The molecule has 0 saturated heterocycles. The van der Waals surface area contributed by atoms with Crippen LogP contribution in [0.5, 0.6) is 0 Å². The Morgan fingerprint density at radius 3 is 1.50 bits per heavy atom.